The Balaban J connectivity index is 2.26. The molecule has 2 aliphatic rings. The summed E-state index contributed by atoms with van der Waals surface area (Å²) in [7, 11) is 0. The van der Waals surface area contributed by atoms with E-state index in [9.17, 15) is 5.11 Å². The van der Waals surface area contributed by atoms with Gasteiger partial charge in [0.25, 0.3) is 0 Å². The van der Waals surface area contributed by atoms with Gasteiger partial charge in [0.1, 0.15) is 5.75 Å². The largest absolute Gasteiger partial charge is 0.508 e. The lowest BCUT2D eigenvalue weighted by atomic mass is 10.1. The second kappa shape index (κ2) is 2.39. The van der Waals surface area contributed by atoms with Crippen molar-refractivity contribution in [2.24, 2.45) is 4.99 Å². The summed E-state index contributed by atoms with van der Waals surface area (Å²) in [5.74, 6) is 1.13. The molecule has 0 aromatic heterocycles. The van der Waals surface area contributed by atoms with Crippen molar-refractivity contribution in [2.75, 3.05) is 5.88 Å². The number of rotatable bonds is 0. The predicted molar refractivity (Wildman–Crippen MR) is 55.1 cm³/mol. The molecule has 0 spiro atoms. The first kappa shape index (κ1) is 7.21. The van der Waals surface area contributed by atoms with E-state index in [2.05, 4.69) is 11.1 Å². The lowest BCUT2D eigenvalue weighted by Crippen LogP contribution is -1.93. The van der Waals surface area contributed by atoms with Crippen LogP contribution in [0.2, 0.25) is 0 Å². The van der Waals surface area contributed by atoms with Gasteiger partial charge < -0.3 is 5.11 Å². The van der Waals surface area contributed by atoms with Gasteiger partial charge in [0.2, 0.25) is 0 Å². The minimum absolute atomic E-state index is 0.313. The third kappa shape index (κ3) is 0.937. The maximum absolute atomic E-state index is 9.33. The zero-order chi connectivity index (χ0) is 8.84. The fourth-order valence-corrected chi connectivity index (χ4v) is 2.51. The molecule has 3 rings (SSSR count). The second-order valence-electron chi connectivity index (χ2n) is 3.06. The van der Waals surface area contributed by atoms with E-state index in [4.69, 9.17) is 0 Å². The number of benzene rings is 1. The van der Waals surface area contributed by atoms with E-state index in [0.29, 0.717) is 5.75 Å². The van der Waals surface area contributed by atoms with E-state index in [1.54, 1.807) is 23.9 Å². The average Bonchev–Trinajstić information content (AvgIpc) is 2.64. The van der Waals surface area contributed by atoms with Crippen LogP contribution in [-0.4, -0.2) is 16.7 Å². The molecule has 0 bridgehead atoms. The number of aliphatic imine (C=N–C) groups is 1. The quantitative estimate of drug-likeness (QED) is 0.678. The summed E-state index contributed by atoms with van der Waals surface area (Å²) < 4.78 is 0. The molecule has 0 saturated carbocycles. The third-order valence-electron chi connectivity index (χ3n) is 2.25. The summed E-state index contributed by atoms with van der Waals surface area (Å²) in [6.07, 6.45) is 2.13. The fourth-order valence-electron chi connectivity index (χ4n) is 1.66. The van der Waals surface area contributed by atoms with Crippen molar-refractivity contribution in [3.05, 3.63) is 34.2 Å². The number of fused-ring (bicyclic) bond motifs is 3. The molecular formula is C10H7NOS. The highest BCUT2D eigenvalue weighted by Crippen LogP contribution is 2.38. The molecule has 1 aliphatic carbocycles. The maximum Gasteiger partial charge on any atom is 0.116 e. The van der Waals surface area contributed by atoms with Crippen molar-refractivity contribution in [2.45, 2.75) is 0 Å². The van der Waals surface area contributed by atoms with E-state index < -0.39 is 0 Å². The number of phenols is 1. The highest BCUT2D eigenvalue weighted by atomic mass is 32.2. The monoisotopic (exact) mass is 189 g/mol. The van der Waals surface area contributed by atoms with Crippen LogP contribution in [0.4, 0.5) is 0 Å². The first-order valence-electron chi connectivity index (χ1n) is 4.07. The van der Waals surface area contributed by atoms with Crippen LogP contribution in [0.3, 0.4) is 0 Å². The topological polar surface area (TPSA) is 32.6 Å². The zero-order valence-corrected chi connectivity index (χ0v) is 7.64. The number of aromatic hydroxyl groups is 1. The Labute approximate surface area is 80.0 Å². The molecule has 0 unspecified atom stereocenters. The Morgan fingerprint density at radius 3 is 3.23 bits per heavy atom. The van der Waals surface area contributed by atoms with Gasteiger partial charge in [-0.3, -0.25) is 4.99 Å². The van der Waals surface area contributed by atoms with Gasteiger partial charge in [0.15, 0.2) is 0 Å². The van der Waals surface area contributed by atoms with Gasteiger partial charge in [-0.25, -0.2) is 0 Å². The van der Waals surface area contributed by atoms with Crippen molar-refractivity contribution in [1.82, 2.24) is 0 Å². The summed E-state index contributed by atoms with van der Waals surface area (Å²) in [4.78, 5) is 5.62. The molecule has 1 aliphatic heterocycles. The maximum atomic E-state index is 9.33. The molecule has 1 heterocycles. The number of thioether (sulfide) groups is 1. The lowest BCUT2D eigenvalue weighted by molar-refractivity contribution is 0.475. The third-order valence-corrected chi connectivity index (χ3v) is 3.14. The van der Waals surface area contributed by atoms with E-state index in [-0.39, 0.29) is 0 Å². The summed E-state index contributed by atoms with van der Waals surface area (Å²) in [6, 6.07) is 5.42. The highest BCUT2D eigenvalue weighted by molar-refractivity contribution is 8.04. The van der Waals surface area contributed by atoms with E-state index in [1.807, 2.05) is 6.07 Å². The number of hydrogen-bond acceptors (Lipinski definition) is 3. The van der Waals surface area contributed by atoms with Gasteiger partial charge in [-0.1, -0.05) is 6.07 Å². The Hall–Kier alpha value is -1.22. The Bertz CT molecular complexity index is 448. The van der Waals surface area contributed by atoms with Crippen LogP contribution in [-0.2, 0) is 0 Å². The van der Waals surface area contributed by atoms with Crippen molar-refractivity contribution in [3.63, 3.8) is 0 Å². The molecule has 1 N–H and O–H groups in total. The first-order chi connectivity index (χ1) is 6.34. The van der Waals surface area contributed by atoms with Crippen LogP contribution in [0.25, 0.3) is 6.08 Å². The smallest absolute Gasteiger partial charge is 0.116 e. The molecule has 0 amide bonds. The van der Waals surface area contributed by atoms with Gasteiger partial charge in [-0.2, -0.15) is 0 Å². The minimum Gasteiger partial charge on any atom is -0.508 e. The van der Waals surface area contributed by atoms with Crippen molar-refractivity contribution in [3.8, 4) is 5.75 Å². The van der Waals surface area contributed by atoms with Crippen molar-refractivity contribution in [1.29, 1.82) is 0 Å². The van der Waals surface area contributed by atoms with Crippen LogP contribution >= 0.6 is 11.8 Å². The van der Waals surface area contributed by atoms with E-state index >= 15 is 0 Å². The predicted octanol–water partition coefficient (Wildman–Crippen LogP) is 2.24. The minimum atomic E-state index is 0.313. The van der Waals surface area contributed by atoms with Crippen LogP contribution in [0, 0.1) is 0 Å². The summed E-state index contributed by atoms with van der Waals surface area (Å²) in [5, 5.41) is 9.33. The van der Waals surface area contributed by atoms with Gasteiger partial charge in [0.05, 0.1) is 11.6 Å². The van der Waals surface area contributed by atoms with E-state index in [1.165, 1.54) is 10.5 Å². The lowest BCUT2D eigenvalue weighted by Gasteiger charge is -1.99. The van der Waals surface area contributed by atoms with Crippen LogP contribution in [0.15, 0.2) is 28.1 Å². The number of hydrogen-bond donors (Lipinski definition) is 1. The molecule has 13 heavy (non-hydrogen) atoms. The molecule has 0 saturated heterocycles. The molecule has 64 valence electrons. The first-order valence-corrected chi connectivity index (χ1v) is 5.06. The highest BCUT2D eigenvalue weighted by Gasteiger charge is 2.24. The molecule has 0 atom stereocenters. The Morgan fingerprint density at radius 1 is 1.38 bits per heavy atom. The molecule has 0 radical (unpaired) electrons. The standard InChI is InChI=1S/C10H7NOS/c12-7-2-1-6-3-9-10(8(6)4-7)11-5-13-9/h1-4,12H,5H2. The number of phenolic OH excluding ortho intramolecular Hbond substituents is 1. The van der Waals surface area contributed by atoms with Gasteiger partial charge >= 0.3 is 0 Å². The number of allylic oxidation sites excluding steroid dienone is 1. The molecule has 1 aromatic carbocycles. The van der Waals surface area contributed by atoms with E-state index in [0.717, 1.165) is 17.2 Å². The molecule has 3 heteroatoms. The zero-order valence-electron chi connectivity index (χ0n) is 6.82. The van der Waals surface area contributed by atoms with Crippen molar-refractivity contribution < 1.29 is 5.11 Å². The SMILES string of the molecule is Oc1ccc2c(c1)C1=NCSC1=C2. The molecular weight excluding hydrogens is 182 g/mol. The summed E-state index contributed by atoms with van der Waals surface area (Å²) >= 11 is 1.75. The summed E-state index contributed by atoms with van der Waals surface area (Å²) in [6.45, 7) is 0. The summed E-state index contributed by atoms with van der Waals surface area (Å²) in [5.41, 5.74) is 3.29. The van der Waals surface area contributed by atoms with Crippen LogP contribution in [0.1, 0.15) is 11.1 Å². The molecule has 2 nitrogen and oxygen atoms in total. The molecule has 0 fully saturated rings. The van der Waals surface area contributed by atoms with Gasteiger partial charge in [-0.05, 0) is 23.8 Å². The fraction of sp³-hybridized carbons (Fsp3) is 0.100. The second-order valence-corrected chi connectivity index (χ2v) is 4.05. The normalized spacial score (nSPS) is 17.8. The average molecular weight is 189 g/mol. The van der Waals surface area contributed by atoms with Gasteiger partial charge in [0, 0.05) is 10.5 Å². The number of nitrogens with zero attached hydrogens (tertiary/aromatic N) is 1. The van der Waals surface area contributed by atoms with Gasteiger partial charge in [-0.15, -0.1) is 11.8 Å². The van der Waals surface area contributed by atoms with Crippen LogP contribution < -0.4 is 0 Å². The van der Waals surface area contributed by atoms with Crippen molar-refractivity contribution >= 4 is 23.5 Å². The molecule has 1 aromatic rings. The Kier molecular flexibility index (Phi) is 1.32. The Morgan fingerprint density at radius 2 is 2.31 bits per heavy atom. The van der Waals surface area contributed by atoms with Crippen LogP contribution in [0.5, 0.6) is 5.75 Å².